The minimum absolute atomic E-state index is 0.00702. The first-order valence-corrected chi connectivity index (χ1v) is 9.88. The summed E-state index contributed by atoms with van der Waals surface area (Å²) in [7, 11) is 1.61. The van der Waals surface area contributed by atoms with Crippen molar-refractivity contribution in [1.82, 2.24) is 10.2 Å². The van der Waals surface area contributed by atoms with Crippen LogP contribution in [-0.4, -0.2) is 43.0 Å². The maximum Gasteiger partial charge on any atom is 0.253 e. The SMILES string of the molecule is COc1ccc(CC(=O)N2CCC(NC(=O)c3cc(Cl)ccc3Cl)CC2)cc1. The fourth-order valence-corrected chi connectivity index (χ4v) is 3.61. The number of likely N-dealkylation sites (tertiary alicyclic amines) is 1. The number of carbonyl (C=O) groups is 2. The molecule has 3 rings (SSSR count). The zero-order valence-electron chi connectivity index (χ0n) is 15.6. The molecular weight excluding hydrogens is 399 g/mol. The summed E-state index contributed by atoms with van der Waals surface area (Å²) in [6, 6.07) is 12.3. The molecule has 0 spiro atoms. The summed E-state index contributed by atoms with van der Waals surface area (Å²) in [6.45, 7) is 1.23. The molecule has 2 aromatic carbocycles. The number of hydrogen-bond donors (Lipinski definition) is 1. The molecule has 0 radical (unpaired) electrons. The van der Waals surface area contributed by atoms with Crippen LogP contribution in [0.4, 0.5) is 0 Å². The third kappa shape index (κ3) is 5.18. The van der Waals surface area contributed by atoms with Gasteiger partial charge in [-0.25, -0.2) is 0 Å². The van der Waals surface area contributed by atoms with E-state index in [1.807, 2.05) is 29.2 Å². The van der Waals surface area contributed by atoms with Crippen LogP contribution in [0, 0.1) is 0 Å². The van der Waals surface area contributed by atoms with Gasteiger partial charge in [-0.3, -0.25) is 9.59 Å². The number of rotatable bonds is 5. The second-order valence-corrected chi connectivity index (χ2v) is 7.62. The Hall–Kier alpha value is -2.24. The lowest BCUT2D eigenvalue weighted by atomic mass is 10.0. The summed E-state index contributed by atoms with van der Waals surface area (Å²) < 4.78 is 5.13. The average Bonchev–Trinajstić information content (AvgIpc) is 2.70. The van der Waals surface area contributed by atoms with Gasteiger partial charge in [0.15, 0.2) is 0 Å². The van der Waals surface area contributed by atoms with Crippen molar-refractivity contribution in [2.75, 3.05) is 20.2 Å². The molecule has 1 heterocycles. The Bertz CT molecular complexity index is 847. The third-order valence-corrected chi connectivity index (χ3v) is 5.44. The Kier molecular flexibility index (Phi) is 6.81. The number of amides is 2. The Balaban J connectivity index is 1.50. The summed E-state index contributed by atoms with van der Waals surface area (Å²) in [4.78, 5) is 26.8. The number of nitrogens with one attached hydrogen (secondary N) is 1. The summed E-state index contributed by atoms with van der Waals surface area (Å²) >= 11 is 12.0. The normalized spacial score (nSPS) is 14.6. The van der Waals surface area contributed by atoms with Crippen molar-refractivity contribution in [1.29, 1.82) is 0 Å². The number of methoxy groups -OCH3 is 1. The highest BCUT2D eigenvalue weighted by Gasteiger charge is 2.24. The second kappa shape index (κ2) is 9.30. The van der Waals surface area contributed by atoms with Crippen molar-refractivity contribution < 1.29 is 14.3 Å². The van der Waals surface area contributed by atoms with E-state index in [1.54, 1.807) is 25.3 Å². The Labute approximate surface area is 174 Å². The lowest BCUT2D eigenvalue weighted by Gasteiger charge is -2.32. The van der Waals surface area contributed by atoms with Gasteiger partial charge in [-0.2, -0.15) is 0 Å². The number of benzene rings is 2. The third-order valence-electron chi connectivity index (χ3n) is 4.87. The van der Waals surface area contributed by atoms with E-state index in [9.17, 15) is 9.59 Å². The number of nitrogens with zero attached hydrogens (tertiary/aromatic N) is 1. The van der Waals surface area contributed by atoms with E-state index in [2.05, 4.69) is 5.32 Å². The van der Waals surface area contributed by atoms with Crippen LogP contribution in [-0.2, 0) is 11.2 Å². The van der Waals surface area contributed by atoms with Gasteiger partial charge in [0, 0.05) is 24.2 Å². The van der Waals surface area contributed by atoms with Crippen LogP contribution < -0.4 is 10.1 Å². The Morgan fingerprint density at radius 2 is 1.79 bits per heavy atom. The number of carbonyl (C=O) groups excluding carboxylic acids is 2. The summed E-state index contributed by atoms with van der Waals surface area (Å²) in [5, 5.41) is 3.83. The zero-order valence-corrected chi connectivity index (χ0v) is 17.1. The minimum atomic E-state index is -0.240. The second-order valence-electron chi connectivity index (χ2n) is 6.78. The van der Waals surface area contributed by atoms with Crippen molar-refractivity contribution in [3.8, 4) is 5.75 Å². The van der Waals surface area contributed by atoms with Crippen molar-refractivity contribution in [2.24, 2.45) is 0 Å². The van der Waals surface area contributed by atoms with E-state index >= 15 is 0 Å². The van der Waals surface area contributed by atoms with Gasteiger partial charge in [-0.05, 0) is 48.7 Å². The van der Waals surface area contributed by atoms with Gasteiger partial charge >= 0.3 is 0 Å². The maximum absolute atomic E-state index is 12.5. The summed E-state index contributed by atoms with van der Waals surface area (Å²) in [6.07, 6.45) is 1.77. The van der Waals surface area contributed by atoms with Crippen LogP contribution in [0.5, 0.6) is 5.75 Å². The van der Waals surface area contributed by atoms with Crippen molar-refractivity contribution in [3.05, 3.63) is 63.6 Å². The molecule has 5 nitrogen and oxygen atoms in total. The van der Waals surface area contributed by atoms with Gasteiger partial charge in [0.1, 0.15) is 5.75 Å². The molecule has 1 aliphatic rings. The smallest absolute Gasteiger partial charge is 0.253 e. The van der Waals surface area contributed by atoms with Crippen LogP contribution in [0.3, 0.4) is 0 Å². The first-order chi connectivity index (χ1) is 13.5. The number of piperidine rings is 1. The molecule has 1 fully saturated rings. The van der Waals surface area contributed by atoms with Crippen LogP contribution in [0.1, 0.15) is 28.8 Å². The molecule has 28 heavy (non-hydrogen) atoms. The molecule has 1 saturated heterocycles. The fraction of sp³-hybridized carbons (Fsp3) is 0.333. The van der Waals surface area contributed by atoms with Gasteiger partial charge in [0.05, 0.1) is 24.1 Å². The fourth-order valence-electron chi connectivity index (χ4n) is 3.24. The molecule has 1 N–H and O–H groups in total. The molecule has 7 heteroatoms. The van der Waals surface area contributed by atoms with Gasteiger partial charge < -0.3 is 15.0 Å². The molecule has 0 saturated carbocycles. The molecule has 2 aromatic rings. The predicted octanol–water partition coefficient (Wildman–Crippen LogP) is 3.97. The molecule has 0 aromatic heterocycles. The van der Waals surface area contributed by atoms with Gasteiger partial charge in [0.25, 0.3) is 5.91 Å². The van der Waals surface area contributed by atoms with Gasteiger partial charge in [-0.1, -0.05) is 35.3 Å². The highest BCUT2D eigenvalue weighted by atomic mass is 35.5. The van der Waals surface area contributed by atoms with Crippen molar-refractivity contribution >= 4 is 35.0 Å². The van der Waals surface area contributed by atoms with Crippen LogP contribution in [0.2, 0.25) is 10.0 Å². The summed E-state index contributed by atoms with van der Waals surface area (Å²) in [5.74, 6) is 0.621. The number of hydrogen-bond acceptors (Lipinski definition) is 3. The molecule has 0 unspecified atom stereocenters. The van der Waals surface area contributed by atoms with E-state index in [0.29, 0.717) is 48.0 Å². The average molecular weight is 421 g/mol. The summed E-state index contributed by atoms with van der Waals surface area (Å²) in [5.41, 5.74) is 1.32. The molecule has 0 bridgehead atoms. The minimum Gasteiger partial charge on any atom is -0.497 e. The molecule has 2 amide bonds. The molecule has 1 aliphatic heterocycles. The van der Waals surface area contributed by atoms with Crippen molar-refractivity contribution in [3.63, 3.8) is 0 Å². The number of halogens is 2. The Morgan fingerprint density at radius 3 is 2.43 bits per heavy atom. The zero-order chi connectivity index (χ0) is 20.1. The Morgan fingerprint density at radius 1 is 1.11 bits per heavy atom. The maximum atomic E-state index is 12.5. The highest BCUT2D eigenvalue weighted by molar-refractivity contribution is 6.35. The lowest BCUT2D eigenvalue weighted by Crippen LogP contribution is -2.47. The van der Waals surface area contributed by atoms with Gasteiger partial charge in [0.2, 0.25) is 5.91 Å². The van der Waals surface area contributed by atoms with Gasteiger partial charge in [-0.15, -0.1) is 0 Å². The van der Waals surface area contributed by atoms with E-state index in [0.717, 1.165) is 11.3 Å². The van der Waals surface area contributed by atoms with Crippen LogP contribution in [0.15, 0.2) is 42.5 Å². The monoisotopic (exact) mass is 420 g/mol. The van der Waals surface area contributed by atoms with Crippen LogP contribution >= 0.6 is 23.2 Å². The molecule has 148 valence electrons. The quantitative estimate of drug-likeness (QED) is 0.795. The molecular formula is C21H22Cl2N2O3. The van der Waals surface area contributed by atoms with Crippen LogP contribution in [0.25, 0.3) is 0 Å². The molecule has 0 aliphatic carbocycles. The lowest BCUT2D eigenvalue weighted by molar-refractivity contribution is -0.131. The van der Waals surface area contributed by atoms with Crippen molar-refractivity contribution in [2.45, 2.75) is 25.3 Å². The number of ether oxygens (including phenoxy) is 1. The van der Waals surface area contributed by atoms with E-state index in [4.69, 9.17) is 27.9 Å². The standard InChI is InChI=1S/C21H22Cl2N2O3/c1-28-17-5-2-14(3-6-17)12-20(26)25-10-8-16(9-11-25)24-21(27)18-13-15(22)4-7-19(18)23/h2-7,13,16H,8-12H2,1H3,(H,24,27). The van der Waals surface area contributed by atoms with E-state index < -0.39 is 0 Å². The predicted molar refractivity (Wildman–Crippen MR) is 110 cm³/mol. The largest absolute Gasteiger partial charge is 0.497 e. The van der Waals surface area contributed by atoms with E-state index in [-0.39, 0.29) is 17.9 Å². The highest BCUT2D eigenvalue weighted by Crippen LogP contribution is 2.21. The van der Waals surface area contributed by atoms with E-state index in [1.165, 1.54) is 0 Å². The molecule has 0 atom stereocenters. The topological polar surface area (TPSA) is 58.6 Å². The first kappa shape index (κ1) is 20.5. The first-order valence-electron chi connectivity index (χ1n) is 9.13.